The summed E-state index contributed by atoms with van der Waals surface area (Å²) in [6, 6.07) is 0.468. The van der Waals surface area contributed by atoms with Gasteiger partial charge in [0.2, 0.25) is 5.91 Å². The molecule has 1 saturated heterocycles. The average Bonchev–Trinajstić information content (AvgIpc) is 2.73. The Labute approximate surface area is 110 Å². The van der Waals surface area contributed by atoms with Crippen molar-refractivity contribution in [2.45, 2.75) is 57.5 Å². The van der Waals surface area contributed by atoms with Crippen molar-refractivity contribution in [1.29, 1.82) is 0 Å². The summed E-state index contributed by atoms with van der Waals surface area (Å²) in [6.07, 6.45) is 5.07. The van der Waals surface area contributed by atoms with E-state index in [0.29, 0.717) is 6.04 Å². The lowest BCUT2D eigenvalue weighted by Gasteiger charge is -2.37. The van der Waals surface area contributed by atoms with Gasteiger partial charge in [0, 0.05) is 6.04 Å². The molecule has 4 nitrogen and oxygen atoms in total. The lowest BCUT2D eigenvalue weighted by atomic mass is 9.86. The van der Waals surface area contributed by atoms with Gasteiger partial charge in [-0.25, -0.2) is 0 Å². The van der Waals surface area contributed by atoms with Crippen LogP contribution in [0.5, 0.6) is 0 Å². The SMILES string of the molecule is CC(C)C1CCN(C2CCC(N)(C(N)=O)C2)CC1. The van der Waals surface area contributed by atoms with Gasteiger partial charge in [0.25, 0.3) is 0 Å². The van der Waals surface area contributed by atoms with E-state index in [1.807, 2.05) is 0 Å². The molecule has 2 unspecified atom stereocenters. The monoisotopic (exact) mass is 253 g/mol. The molecule has 2 atom stereocenters. The number of carbonyl (C=O) groups excluding carboxylic acids is 1. The molecule has 4 heteroatoms. The van der Waals surface area contributed by atoms with E-state index in [2.05, 4.69) is 18.7 Å². The third-order valence-corrected chi connectivity index (χ3v) is 5.05. The summed E-state index contributed by atoms with van der Waals surface area (Å²) in [6.45, 7) is 6.94. The third-order valence-electron chi connectivity index (χ3n) is 5.05. The number of carbonyl (C=O) groups is 1. The lowest BCUT2D eigenvalue weighted by molar-refractivity contribution is -0.123. The molecule has 2 aliphatic rings. The quantitative estimate of drug-likeness (QED) is 0.791. The van der Waals surface area contributed by atoms with Crippen LogP contribution in [0.4, 0.5) is 0 Å². The number of rotatable bonds is 3. The zero-order valence-electron chi connectivity index (χ0n) is 11.7. The Balaban J connectivity index is 1.87. The van der Waals surface area contributed by atoms with Crippen molar-refractivity contribution in [3.63, 3.8) is 0 Å². The van der Waals surface area contributed by atoms with E-state index in [1.165, 1.54) is 12.8 Å². The van der Waals surface area contributed by atoms with E-state index in [4.69, 9.17) is 11.5 Å². The Morgan fingerprint density at radius 3 is 2.33 bits per heavy atom. The summed E-state index contributed by atoms with van der Waals surface area (Å²) in [5.41, 5.74) is 10.7. The molecule has 2 rings (SSSR count). The summed E-state index contributed by atoms with van der Waals surface area (Å²) in [5.74, 6) is 1.32. The average molecular weight is 253 g/mol. The molecule has 2 fully saturated rings. The highest BCUT2D eigenvalue weighted by Crippen LogP contribution is 2.34. The molecule has 0 radical (unpaired) electrons. The minimum atomic E-state index is -0.750. The summed E-state index contributed by atoms with van der Waals surface area (Å²) >= 11 is 0. The summed E-state index contributed by atoms with van der Waals surface area (Å²) in [4.78, 5) is 13.9. The Morgan fingerprint density at radius 2 is 1.89 bits per heavy atom. The van der Waals surface area contributed by atoms with Crippen molar-refractivity contribution in [2.75, 3.05) is 13.1 Å². The molecular weight excluding hydrogens is 226 g/mol. The molecule has 0 aromatic heterocycles. The van der Waals surface area contributed by atoms with Crippen molar-refractivity contribution in [2.24, 2.45) is 23.3 Å². The topological polar surface area (TPSA) is 72.3 Å². The van der Waals surface area contributed by atoms with Gasteiger partial charge in [-0.15, -0.1) is 0 Å². The first-order chi connectivity index (χ1) is 8.42. The maximum atomic E-state index is 11.4. The van der Waals surface area contributed by atoms with Crippen molar-refractivity contribution in [1.82, 2.24) is 4.90 Å². The number of amides is 1. The molecule has 1 saturated carbocycles. The second-order valence-corrected chi connectivity index (χ2v) is 6.53. The van der Waals surface area contributed by atoms with Gasteiger partial charge in [-0.3, -0.25) is 4.79 Å². The molecular formula is C14H27N3O. The molecule has 0 aromatic rings. The highest BCUT2D eigenvalue weighted by molar-refractivity contribution is 5.84. The Hall–Kier alpha value is -0.610. The van der Waals surface area contributed by atoms with Crippen LogP contribution in [-0.4, -0.2) is 35.5 Å². The summed E-state index contributed by atoms with van der Waals surface area (Å²) in [5, 5.41) is 0. The van der Waals surface area contributed by atoms with Gasteiger partial charge in [0.1, 0.15) is 0 Å². The normalized spacial score (nSPS) is 35.2. The standard InChI is InChI=1S/C14H27N3O/c1-10(2)11-4-7-17(8-5-11)12-3-6-14(16,9-12)13(15)18/h10-12H,3-9,16H2,1-2H3,(H2,15,18). The number of hydrogen-bond donors (Lipinski definition) is 2. The van der Waals surface area contributed by atoms with E-state index in [0.717, 1.165) is 44.2 Å². The van der Waals surface area contributed by atoms with Gasteiger partial charge in [0.05, 0.1) is 5.54 Å². The number of hydrogen-bond acceptors (Lipinski definition) is 3. The number of piperidine rings is 1. The van der Waals surface area contributed by atoms with Gasteiger partial charge in [0.15, 0.2) is 0 Å². The molecule has 1 aliphatic heterocycles. The largest absolute Gasteiger partial charge is 0.368 e. The summed E-state index contributed by atoms with van der Waals surface area (Å²) in [7, 11) is 0. The van der Waals surface area contributed by atoms with Crippen LogP contribution in [-0.2, 0) is 4.79 Å². The van der Waals surface area contributed by atoms with Gasteiger partial charge in [-0.05, 0) is 57.0 Å². The second kappa shape index (κ2) is 5.17. The maximum absolute atomic E-state index is 11.4. The predicted molar refractivity (Wildman–Crippen MR) is 72.9 cm³/mol. The number of likely N-dealkylation sites (tertiary alicyclic amines) is 1. The number of nitrogens with two attached hydrogens (primary N) is 2. The second-order valence-electron chi connectivity index (χ2n) is 6.53. The fourth-order valence-corrected chi connectivity index (χ4v) is 3.54. The third kappa shape index (κ3) is 2.69. The van der Waals surface area contributed by atoms with Crippen LogP contribution in [0.25, 0.3) is 0 Å². The highest BCUT2D eigenvalue weighted by Gasteiger charge is 2.43. The van der Waals surface area contributed by atoms with Crippen LogP contribution in [0.3, 0.4) is 0 Å². The van der Waals surface area contributed by atoms with Crippen LogP contribution >= 0.6 is 0 Å². The molecule has 1 amide bonds. The smallest absolute Gasteiger partial charge is 0.237 e. The van der Waals surface area contributed by atoms with Crippen LogP contribution in [0, 0.1) is 11.8 Å². The van der Waals surface area contributed by atoms with Crippen LogP contribution < -0.4 is 11.5 Å². The lowest BCUT2D eigenvalue weighted by Crippen LogP contribution is -2.51. The van der Waals surface area contributed by atoms with Crippen molar-refractivity contribution >= 4 is 5.91 Å². The molecule has 0 aromatic carbocycles. The Morgan fingerprint density at radius 1 is 1.28 bits per heavy atom. The zero-order valence-corrected chi connectivity index (χ0v) is 11.7. The van der Waals surface area contributed by atoms with E-state index in [-0.39, 0.29) is 5.91 Å². The van der Waals surface area contributed by atoms with Gasteiger partial charge >= 0.3 is 0 Å². The molecule has 4 N–H and O–H groups in total. The van der Waals surface area contributed by atoms with E-state index in [1.54, 1.807) is 0 Å². The minimum Gasteiger partial charge on any atom is -0.368 e. The number of nitrogens with zero attached hydrogens (tertiary/aromatic N) is 1. The minimum absolute atomic E-state index is 0.331. The van der Waals surface area contributed by atoms with Gasteiger partial charge in [-0.1, -0.05) is 13.8 Å². The maximum Gasteiger partial charge on any atom is 0.237 e. The highest BCUT2D eigenvalue weighted by atomic mass is 16.1. The van der Waals surface area contributed by atoms with Crippen LogP contribution in [0.15, 0.2) is 0 Å². The molecule has 0 spiro atoms. The van der Waals surface area contributed by atoms with Gasteiger partial charge < -0.3 is 16.4 Å². The van der Waals surface area contributed by atoms with Crippen molar-refractivity contribution in [3.05, 3.63) is 0 Å². The summed E-state index contributed by atoms with van der Waals surface area (Å²) < 4.78 is 0. The molecule has 0 bridgehead atoms. The first-order valence-corrected chi connectivity index (χ1v) is 7.25. The van der Waals surface area contributed by atoms with Crippen molar-refractivity contribution in [3.8, 4) is 0 Å². The predicted octanol–water partition coefficient (Wildman–Crippen LogP) is 1.09. The molecule has 1 heterocycles. The number of primary amides is 1. The fraction of sp³-hybridized carbons (Fsp3) is 0.929. The Kier molecular flexibility index (Phi) is 3.97. The molecule has 104 valence electrons. The molecule has 1 aliphatic carbocycles. The van der Waals surface area contributed by atoms with E-state index in [9.17, 15) is 4.79 Å². The van der Waals surface area contributed by atoms with E-state index < -0.39 is 5.54 Å². The fourth-order valence-electron chi connectivity index (χ4n) is 3.54. The van der Waals surface area contributed by atoms with Crippen LogP contribution in [0.2, 0.25) is 0 Å². The Bertz CT molecular complexity index is 310. The molecule has 18 heavy (non-hydrogen) atoms. The van der Waals surface area contributed by atoms with Crippen LogP contribution in [0.1, 0.15) is 46.0 Å². The zero-order chi connectivity index (χ0) is 13.3. The first kappa shape index (κ1) is 13.8. The van der Waals surface area contributed by atoms with Crippen molar-refractivity contribution < 1.29 is 4.79 Å². The first-order valence-electron chi connectivity index (χ1n) is 7.25. The van der Waals surface area contributed by atoms with E-state index >= 15 is 0 Å². The van der Waals surface area contributed by atoms with Gasteiger partial charge in [-0.2, -0.15) is 0 Å².